The second-order valence-corrected chi connectivity index (χ2v) is 7.60. The topological polar surface area (TPSA) is 59.8 Å². The molecule has 4 rings (SSSR count). The molecule has 0 aliphatic carbocycles. The summed E-state index contributed by atoms with van der Waals surface area (Å²) in [4.78, 5) is 2.24. The lowest BCUT2D eigenvalue weighted by molar-refractivity contribution is 0.118. The summed E-state index contributed by atoms with van der Waals surface area (Å²) in [5.74, 6) is 1.57. The van der Waals surface area contributed by atoms with Crippen molar-refractivity contribution in [2.45, 2.75) is 39.6 Å². The minimum atomic E-state index is -0.413. The van der Waals surface area contributed by atoms with E-state index in [4.69, 9.17) is 9.47 Å². The fraction of sp³-hybridized carbons (Fsp3) is 0.348. The molecule has 1 N–H and O–H groups in total. The van der Waals surface area contributed by atoms with E-state index in [2.05, 4.69) is 29.1 Å². The minimum absolute atomic E-state index is 0.274. The molecule has 0 spiro atoms. The number of aliphatic hydroxyl groups is 1. The van der Waals surface area contributed by atoms with Gasteiger partial charge in [-0.1, -0.05) is 36.4 Å². The van der Waals surface area contributed by atoms with Crippen LogP contribution < -0.4 is 9.47 Å². The maximum Gasteiger partial charge on any atom is 0.231 e. The third kappa shape index (κ3) is 4.78. The van der Waals surface area contributed by atoms with Crippen molar-refractivity contribution >= 4 is 0 Å². The largest absolute Gasteiger partial charge is 0.454 e. The average Bonchev–Trinajstić information content (AvgIpc) is 3.30. The van der Waals surface area contributed by atoms with Gasteiger partial charge in [0.2, 0.25) is 6.79 Å². The average molecular weight is 393 g/mol. The van der Waals surface area contributed by atoms with Crippen molar-refractivity contribution < 1.29 is 14.6 Å². The molecule has 0 fully saturated rings. The van der Waals surface area contributed by atoms with Crippen LogP contribution in [0.25, 0.3) is 0 Å². The minimum Gasteiger partial charge on any atom is -0.454 e. The summed E-state index contributed by atoms with van der Waals surface area (Å²) in [7, 11) is 0. The molecule has 2 heterocycles. The monoisotopic (exact) mass is 393 g/mol. The van der Waals surface area contributed by atoms with Gasteiger partial charge in [-0.25, -0.2) is 0 Å². The Hall–Kier alpha value is -2.83. The molecule has 1 aliphatic rings. The number of ether oxygens (including phenoxy) is 2. The van der Waals surface area contributed by atoms with E-state index >= 15 is 0 Å². The Morgan fingerprint density at radius 1 is 1.07 bits per heavy atom. The summed E-state index contributed by atoms with van der Waals surface area (Å²) in [6.07, 6.45) is 1.52. The fourth-order valence-electron chi connectivity index (χ4n) is 3.65. The molecule has 6 heteroatoms. The number of nitrogens with zero attached hydrogens (tertiary/aromatic N) is 3. The number of benzene rings is 2. The highest BCUT2D eigenvalue weighted by molar-refractivity contribution is 5.44. The van der Waals surface area contributed by atoms with Gasteiger partial charge in [0.25, 0.3) is 0 Å². The number of hydrogen-bond acceptors (Lipinski definition) is 5. The summed E-state index contributed by atoms with van der Waals surface area (Å²) < 4.78 is 12.9. The molecule has 0 amide bonds. The van der Waals surface area contributed by atoms with Crippen molar-refractivity contribution in [3.63, 3.8) is 0 Å². The molecule has 0 saturated carbocycles. The molecule has 29 heavy (non-hydrogen) atoms. The van der Waals surface area contributed by atoms with Gasteiger partial charge < -0.3 is 14.6 Å². The van der Waals surface area contributed by atoms with E-state index in [1.165, 1.54) is 11.1 Å². The smallest absolute Gasteiger partial charge is 0.231 e. The first-order chi connectivity index (χ1) is 14.1. The molecule has 0 radical (unpaired) electrons. The second kappa shape index (κ2) is 8.68. The van der Waals surface area contributed by atoms with Crippen LogP contribution >= 0.6 is 0 Å². The van der Waals surface area contributed by atoms with E-state index in [1.54, 1.807) is 0 Å². The van der Waals surface area contributed by atoms with E-state index in [0.29, 0.717) is 13.1 Å². The maximum absolute atomic E-state index is 10.00. The van der Waals surface area contributed by atoms with Gasteiger partial charge in [0.15, 0.2) is 11.5 Å². The van der Waals surface area contributed by atoms with Crippen LogP contribution in [0.15, 0.2) is 54.7 Å². The van der Waals surface area contributed by atoms with Crippen molar-refractivity contribution in [2.24, 2.45) is 0 Å². The lowest BCUT2D eigenvalue weighted by Crippen LogP contribution is -2.30. The molecule has 3 aromatic rings. The quantitative estimate of drug-likeness (QED) is 0.636. The summed E-state index contributed by atoms with van der Waals surface area (Å²) >= 11 is 0. The van der Waals surface area contributed by atoms with Crippen LogP contribution in [0.4, 0.5) is 0 Å². The fourth-order valence-corrected chi connectivity index (χ4v) is 3.65. The van der Waals surface area contributed by atoms with Gasteiger partial charge in [0.1, 0.15) is 0 Å². The summed E-state index contributed by atoms with van der Waals surface area (Å²) in [6.45, 7) is 6.97. The van der Waals surface area contributed by atoms with Gasteiger partial charge in [0, 0.05) is 30.9 Å². The maximum atomic E-state index is 10.00. The van der Waals surface area contributed by atoms with Crippen molar-refractivity contribution in [1.82, 2.24) is 14.7 Å². The number of aromatic nitrogens is 2. The zero-order chi connectivity index (χ0) is 20.2. The lowest BCUT2D eigenvalue weighted by atomic mass is 10.1. The van der Waals surface area contributed by atoms with Crippen LogP contribution in [-0.2, 0) is 19.6 Å². The Labute approximate surface area is 171 Å². The molecular formula is C23H27N3O3. The van der Waals surface area contributed by atoms with Crippen LogP contribution in [-0.4, -0.2) is 39.2 Å². The molecule has 2 aromatic carbocycles. The number of aliphatic hydroxyl groups excluding tert-OH is 1. The SMILES string of the molecule is Cc1c(CN(Cc2ccc3c(c2)OCO3)C[C@H](C)O)cnn1Cc1ccccc1. The Morgan fingerprint density at radius 2 is 1.86 bits per heavy atom. The molecular weight excluding hydrogens is 366 g/mol. The number of fused-ring (bicyclic) bond motifs is 1. The van der Waals surface area contributed by atoms with E-state index < -0.39 is 6.10 Å². The number of hydrogen-bond donors (Lipinski definition) is 1. The van der Waals surface area contributed by atoms with E-state index in [1.807, 2.05) is 54.2 Å². The third-order valence-corrected chi connectivity index (χ3v) is 5.14. The van der Waals surface area contributed by atoms with Gasteiger partial charge in [-0.05, 0) is 37.1 Å². The van der Waals surface area contributed by atoms with E-state index in [-0.39, 0.29) is 6.79 Å². The highest BCUT2D eigenvalue weighted by atomic mass is 16.7. The van der Waals surface area contributed by atoms with Crippen LogP contribution in [0.5, 0.6) is 11.5 Å². The molecule has 0 unspecified atom stereocenters. The normalized spacial score (nSPS) is 13.8. The highest BCUT2D eigenvalue weighted by Gasteiger charge is 2.17. The van der Waals surface area contributed by atoms with Crippen molar-refractivity contribution in [1.29, 1.82) is 0 Å². The Bertz CT molecular complexity index is 953. The van der Waals surface area contributed by atoms with Crippen LogP contribution in [0.3, 0.4) is 0 Å². The Balaban J connectivity index is 1.48. The number of rotatable bonds is 8. The molecule has 152 valence electrons. The highest BCUT2D eigenvalue weighted by Crippen LogP contribution is 2.33. The summed E-state index contributed by atoms with van der Waals surface area (Å²) in [5, 5.41) is 14.6. The lowest BCUT2D eigenvalue weighted by Gasteiger charge is -2.24. The molecule has 6 nitrogen and oxygen atoms in total. The first kappa shape index (κ1) is 19.5. The first-order valence-electron chi connectivity index (χ1n) is 9.92. The summed E-state index contributed by atoms with van der Waals surface area (Å²) in [5.41, 5.74) is 4.67. The van der Waals surface area contributed by atoms with E-state index in [9.17, 15) is 5.11 Å². The standard InChI is InChI=1S/C23H27N3O3/c1-17(27)12-25(13-20-8-9-22-23(10-20)29-16-28-22)15-21-11-24-26(18(21)2)14-19-6-4-3-5-7-19/h3-11,17,27H,12-16H2,1-2H3/t17-/m0/s1. The van der Waals surface area contributed by atoms with Crippen molar-refractivity contribution in [2.75, 3.05) is 13.3 Å². The second-order valence-electron chi connectivity index (χ2n) is 7.60. The predicted molar refractivity (Wildman–Crippen MR) is 111 cm³/mol. The Morgan fingerprint density at radius 3 is 2.66 bits per heavy atom. The Kier molecular flexibility index (Phi) is 5.83. The van der Waals surface area contributed by atoms with Gasteiger partial charge in [-0.15, -0.1) is 0 Å². The van der Waals surface area contributed by atoms with E-state index in [0.717, 1.165) is 35.8 Å². The molecule has 1 atom stereocenters. The zero-order valence-electron chi connectivity index (χ0n) is 16.9. The van der Waals surface area contributed by atoms with Crippen molar-refractivity contribution in [3.8, 4) is 11.5 Å². The summed E-state index contributed by atoms with van der Waals surface area (Å²) in [6, 6.07) is 16.4. The van der Waals surface area contributed by atoms with Gasteiger partial charge in [-0.2, -0.15) is 5.10 Å². The van der Waals surface area contributed by atoms with Crippen LogP contribution in [0.1, 0.15) is 29.3 Å². The third-order valence-electron chi connectivity index (χ3n) is 5.14. The molecule has 1 aromatic heterocycles. The molecule has 0 saturated heterocycles. The predicted octanol–water partition coefficient (Wildman–Crippen LogP) is 3.35. The first-order valence-corrected chi connectivity index (χ1v) is 9.92. The molecule has 0 bridgehead atoms. The van der Waals surface area contributed by atoms with Crippen molar-refractivity contribution in [3.05, 3.63) is 77.1 Å². The zero-order valence-corrected chi connectivity index (χ0v) is 16.9. The van der Waals surface area contributed by atoms with Gasteiger partial charge in [0.05, 0.1) is 18.8 Å². The molecule has 1 aliphatic heterocycles. The van der Waals surface area contributed by atoms with Crippen LogP contribution in [0.2, 0.25) is 0 Å². The van der Waals surface area contributed by atoms with Gasteiger partial charge >= 0.3 is 0 Å². The van der Waals surface area contributed by atoms with Crippen LogP contribution in [0, 0.1) is 6.92 Å². The van der Waals surface area contributed by atoms with Gasteiger partial charge in [-0.3, -0.25) is 9.58 Å².